The number of rotatable bonds is 4. The van der Waals surface area contributed by atoms with Crippen LogP contribution in [0.3, 0.4) is 0 Å². The lowest BCUT2D eigenvalue weighted by Gasteiger charge is -2.03. The van der Waals surface area contributed by atoms with Gasteiger partial charge < -0.3 is 5.73 Å². The third-order valence-electron chi connectivity index (χ3n) is 2.03. The average molecular weight is 162 g/mol. The molecule has 1 aromatic rings. The van der Waals surface area contributed by atoms with Crippen LogP contribution < -0.4 is 5.73 Å². The van der Waals surface area contributed by atoms with Crippen molar-refractivity contribution >= 4 is 5.69 Å². The van der Waals surface area contributed by atoms with E-state index in [4.69, 9.17) is 5.73 Å². The highest BCUT2D eigenvalue weighted by Gasteiger charge is 1.96. The van der Waals surface area contributed by atoms with Gasteiger partial charge in [-0.3, -0.25) is 0 Å². The third kappa shape index (κ3) is 2.57. The Kier molecular flexibility index (Phi) is 3.65. The van der Waals surface area contributed by atoms with E-state index < -0.39 is 0 Å². The van der Waals surface area contributed by atoms with Crippen LogP contribution in [0.4, 0.5) is 5.69 Å². The van der Waals surface area contributed by atoms with Crippen LogP contribution in [0.15, 0.2) is 18.2 Å². The second-order valence-electron chi connectivity index (χ2n) is 3.07. The molecule has 1 nitrogen and oxygen atoms in total. The summed E-state index contributed by atoms with van der Waals surface area (Å²) in [5.41, 5.74) is 7.80. The molecule has 0 aliphatic carbocycles. The van der Waals surface area contributed by atoms with Crippen LogP contribution in [0.5, 0.6) is 0 Å². The Bertz CT molecular complexity index is 230. The smallest absolute Gasteiger partial charge is 0.0427 e. The van der Waals surface area contributed by atoms with Gasteiger partial charge in [0.25, 0.3) is 0 Å². The fourth-order valence-corrected chi connectivity index (χ4v) is 1.27. The molecule has 0 fully saturated rings. The zero-order valence-electron chi connectivity index (χ0n) is 7.64. The number of para-hydroxylation sites is 1. The van der Waals surface area contributed by atoms with E-state index in [-0.39, 0.29) is 0 Å². The minimum atomic E-state index is 0.814. The van der Waals surface area contributed by atoms with E-state index in [1.54, 1.807) is 0 Å². The molecule has 0 aliphatic heterocycles. The van der Waals surface area contributed by atoms with Crippen LogP contribution in [-0.4, -0.2) is 0 Å². The van der Waals surface area contributed by atoms with Gasteiger partial charge >= 0.3 is 0 Å². The first kappa shape index (κ1) is 9.11. The molecular weight excluding hydrogens is 146 g/mol. The summed E-state index contributed by atoms with van der Waals surface area (Å²) in [5.74, 6) is 0. The zero-order chi connectivity index (χ0) is 8.81. The van der Waals surface area contributed by atoms with Gasteiger partial charge in [-0.15, -0.1) is 0 Å². The van der Waals surface area contributed by atoms with E-state index in [0.717, 1.165) is 12.1 Å². The molecule has 0 saturated carbocycles. The number of hydrogen-bond acceptors (Lipinski definition) is 1. The molecule has 0 bridgehead atoms. The Morgan fingerprint density at radius 2 is 2.25 bits per heavy atom. The van der Waals surface area contributed by atoms with Gasteiger partial charge in [-0.05, 0) is 18.4 Å². The van der Waals surface area contributed by atoms with E-state index in [9.17, 15) is 0 Å². The number of benzene rings is 1. The van der Waals surface area contributed by atoms with Gasteiger partial charge in [-0.2, -0.15) is 0 Å². The lowest BCUT2D eigenvalue weighted by atomic mass is 10.1. The minimum absolute atomic E-state index is 0.814. The molecular formula is C11H16N. The fourth-order valence-electron chi connectivity index (χ4n) is 1.27. The fraction of sp³-hybridized carbons (Fsp3) is 0.455. The molecule has 0 unspecified atom stereocenters. The summed E-state index contributed by atoms with van der Waals surface area (Å²) in [7, 11) is 0. The van der Waals surface area contributed by atoms with Gasteiger partial charge in [0.2, 0.25) is 0 Å². The SMILES string of the molecule is CCCCCc1ccc[c]c1N. The third-order valence-corrected chi connectivity index (χ3v) is 2.03. The predicted octanol–water partition coefficient (Wildman–Crippen LogP) is 2.80. The van der Waals surface area contributed by atoms with Crippen LogP contribution in [0.2, 0.25) is 0 Å². The van der Waals surface area contributed by atoms with Crippen molar-refractivity contribution < 1.29 is 0 Å². The summed E-state index contributed by atoms with van der Waals surface area (Å²) in [6.07, 6.45) is 4.88. The quantitative estimate of drug-likeness (QED) is 0.534. The molecule has 0 heterocycles. The Labute approximate surface area is 74.6 Å². The van der Waals surface area contributed by atoms with E-state index >= 15 is 0 Å². The van der Waals surface area contributed by atoms with Gasteiger partial charge in [0.1, 0.15) is 0 Å². The van der Waals surface area contributed by atoms with Crippen LogP contribution in [0.25, 0.3) is 0 Å². The maximum atomic E-state index is 5.75. The van der Waals surface area contributed by atoms with Gasteiger partial charge in [-0.25, -0.2) is 0 Å². The number of nitrogen functional groups attached to an aromatic ring is 1. The molecule has 0 aromatic heterocycles. The lowest BCUT2D eigenvalue weighted by molar-refractivity contribution is 0.718. The molecule has 0 saturated heterocycles. The van der Waals surface area contributed by atoms with E-state index in [0.29, 0.717) is 0 Å². The monoisotopic (exact) mass is 162 g/mol. The first-order valence-electron chi connectivity index (χ1n) is 4.59. The molecule has 1 aromatic carbocycles. The Balaban J connectivity index is 2.46. The summed E-state index contributed by atoms with van der Waals surface area (Å²) < 4.78 is 0. The number of nitrogens with two attached hydrogens (primary N) is 1. The van der Waals surface area contributed by atoms with Crippen LogP contribution in [0, 0.1) is 6.07 Å². The molecule has 1 rings (SSSR count). The first-order chi connectivity index (χ1) is 5.84. The van der Waals surface area contributed by atoms with Crippen molar-refractivity contribution in [2.75, 3.05) is 5.73 Å². The first-order valence-corrected chi connectivity index (χ1v) is 4.59. The van der Waals surface area contributed by atoms with Crippen molar-refractivity contribution in [2.45, 2.75) is 32.6 Å². The second kappa shape index (κ2) is 4.81. The van der Waals surface area contributed by atoms with Crippen molar-refractivity contribution in [2.24, 2.45) is 0 Å². The summed E-state index contributed by atoms with van der Waals surface area (Å²) in [4.78, 5) is 0. The second-order valence-corrected chi connectivity index (χ2v) is 3.07. The van der Waals surface area contributed by atoms with Crippen LogP contribution in [-0.2, 0) is 6.42 Å². The topological polar surface area (TPSA) is 26.0 Å². The predicted molar refractivity (Wildman–Crippen MR) is 52.9 cm³/mol. The molecule has 12 heavy (non-hydrogen) atoms. The van der Waals surface area contributed by atoms with Crippen LogP contribution >= 0.6 is 0 Å². The maximum Gasteiger partial charge on any atom is 0.0427 e. The van der Waals surface area contributed by atoms with E-state index in [1.807, 2.05) is 12.1 Å². The van der Waals surface area contributed by atoms with Crippen molar-refractivity contribution in [3.63, 3.8) is 0 Å². The lowest BCUT2D eigenvalue weighted by Crippen LogP contribution is -1.93. The molecule has 65 valence electrons. The summed E-state index contributed by atoms with van der Waals surface area (Å²) in [5, 5.41) is 0. The van der Waals surface area contributed by atoms with Crippen LogP contribution in [0.1, 0.15) is 31.7 Å². The Hall–Kier alpha value is -0.980. The largest absolute Gasteiger partial charge is 0.398 e. The standard InChI is InChI=1S/C11H16N/c1-2-3-4-7-10-8-5-6-9-11(10)12/h5-6,8H,2-4,7,12H2,1H3. The summed E-state index contributed by atoms with van der Waals surface area (Å²) in [6, 6.07) is 8.95. The highest BCUT2D eigenvalue weighted by Crippen LogP contribution is 2.13. The van der Waals surface area contributed by atoms with E-state index in [2.05, 4.69) is 19.1 Å². The molecule has 0 atom stereocenters. The molecule has 0 aliphatic rings. The number of anilines is 1. The molecule has 0 spiro atoms. The van der Waals surface area contributed by atoms with Crippen molar-refractivity contribution in [1.29, 1.82) is 0 Å². The Morgan fingerprint density at radius 1 is 1.42 bits per heavy atom. The maximum absolute atomic E-state index is 5.75. The normalized spacial score (nSPS) is 10.1. The highest BCUT2D eigenvalue weighted by atomic mass is 14.6. The molecule has 2 N–H and O–H groups in total. The van der Waals surface area contributed by atoms with Crippen molar-refractivity contribution in [1.82, 2.24) is 0 Å². The van der Waals surface area contributed by atoms with Gasteiger partial charge in [0.05, 0.1) is 0 Å². The minimum Gasteiger partial charge on any atom is -0.398 e. The number of unbranched alkanes of at least 4 members (excludes halogenated alkanes) is 2. The number of aryl methyl sites for hydroxylation is 1. The number of hydrogen-bond donors (Lipinski definition) is 1. The van der Waals surface area contributed by atoms with Crippen molar-refractivity contribution in [3.05, 3.63) is 29.8 Å². The summed E-state index contributed by atoms with van der Waals surface area (Å²) in [6.45, 7) is 2.21. The average Bonchev–Trinajstić information content (AvgIpc) is 2.09. The van der Waals surface area contributed by atoms with E-state index in [1.165, 1.54) is 24.8 Å². The molecule has 0 amide bonds. The molecule has 1 radical (unpaired) electrons. The van der Waals surface area contributed by atoms with Crippen molar-refractivity contribution in [3.8, 4) is 0 Å². The van der Waals surface area contributed by atoms with Gasteiger partial charge in [-0.1, -0.05) is 38.0 Å². The highest BCUT2D eigenvalue weighted by molar-refractivity contribution is 5.45. The molecule has 1 heteroatoms. The summed E-state index contributed by atoms with van der Waals surface area (Å²) >= 11 is 0. The van der Waals surface area contributed by atoms with Gasteiger partial charge in [0.15, 0.2) is 0 Å². The zero-order valence-corrected chi connectivity index (χ0v) is 7.64. The Morgan fingerprint density at radius 3 is 2.92 bits per heavy atom. The van der Waals surface area contributed by atoms with Gasteiger partial charge in [0, 0.05) is 11.8 Å².